The molecular formula is C16H14ClN5O. The van der Waals surface area contributed by atoms with Crippen molar-refractivity contribution in [2.24, 2.45) is 0 Å². The van der Waals surface area contributed by atoms with Gasteiger partial charge in [0.15, 0.2) is 11.5 Å². The maximum Gasteiger partial charge on any atom is 0.271 e. The van der Waals surface area contributed by atoms with Crippen molar-refractivity contribution in [1.82, 2.24) is 20.4 Å². The number of benzene rings is 1. The lowest BCUT2D eigenvalue weighted by molar-refractivity contribution is 0.0962. The smallest absolute Gasteiger partial charge is 0.271 e. The number of hydrazine groups is 1. The number of rotatable bonds is 3. The number of anilines is 1. The molecule has 0 saturated carbocycles. The minimum atomic E-state index is -0.338. The number of aromatic nitrogens is 3. The Labute approximate surface area is 137 Å². The van der Waals surface area contributed by atoms with E-state index >= 15 is 0 Å². The average Bonchev–Trinajstić information content (AvgIpc) is 2.52. The molecule has 0 aliphatic carbocycles. The standard InChI is InChI=1S/C16H14ClN5O/c1-9-5-3-6-11(17)13(9)16(23)22-21-14-10(2)19-12-7-4-8-18-15(12)20-14/h3-8H,1-2H3,(H,22,23)(H,18,20,21). The summed E-state index contributed by atoms with van der Waals surface area (Å²) in [4.78, 5) is 25.2. The first kappa shape index (κ1) is 15.2. The molecule has 3 rings (SSSR count). The van der Waals surface area contributed by atoms with Gasteiger partial charge in [0, 0.05) is 6.20 Å². The quantitative estimate of drug-likeness (QED) is 0.723. The Balaban J connectivity index is 1.83. The summed E-state index contributed by atoms with van der Waals surface area (Å²) < 4.78 is 0. The van der Waals surface area contributed by atoms with Crippen molar-refractivity contribution in [2.75, 3.05) is 5.43 Å². The Morgan fingerprint density at radius 2 is 1.96 bits per heavy atom. The molecule has 7 heteroatoms. The van der Waals surface area contributed by atoms with Crippen molar-refractivity contribution in [3.8, 4) is 0 Å². The topological polar surface area (TPSA) is 79.8 Å². The van der Waals surface area contributed by atoms with E-state index in [0.717, 1.165) is 5.56 Å². The summed E-state index contributed by atoms with van der Waals surface area (Å²) in [6.07, 6.45) is 1.64. The Hall–Kier alpha value is -2.73. The monoisotopic (exact) mass is 327 g/mol. The number of halogens is 1. The van der Waals surface area contributed by atoms with Crippen molar-refractivity contribution >= 4 is 34.5 Å². The second kappa shape index (κ2) is 6.18. The number of nitrogens with one attached hydrogen (secondary N) is 2. The van der Waals surface area contributed by atoms with Crippen LogP contribution in [0.5, 0.6) is 0 Å². The zero-order chi connectivity index (χ0) is 16.4. The molecule has 2 aromatic heterocycles. The van der Waals surface area contributed by atoms with Crippen LogP contribution in [0, 0.1) is 13.8 Å². The van der Waals surface area contributed by atoms with Gasteiger partial charge in [-0.2, -0.15) is 0 Å². The van der Waals surface area contributed by atoms with Crippen LogP contribution in [0.25, 0.3) is 11.2 Å². The minimum absolute atomic E-state index is 0.338. The van der Waals surface area contributed by atoms with Crippen LogP contribution in [-0.2, 0) is 0 Å². The Kier molecular flexibility index (Phi) is 4.08. The fourth-order valence-electron chi connectivity index (χ4n) is 2.20. The summed E-state index contributed by atoms with van der Waals surface area (Å²) in [5, 5.41) is 0.396. The second-order valence-corrected chi connectivity index (χ2v) is 5.42. The van der Waals surface area contributed by atoms with Crippen LogP contribution in [0.3, 0.4) is 0 Å². The number of carbonyl (C=O) groups is 1. The van der Waals surface area contributed by atoms with E-state index in [-0.39, 0.29) is 5.91 Å². The van der Waals surface area contributed by atoms with Gasteiger partial charge in [-0.05, 0) is 37.6 Å². The summed E-state index contributed by atoms with van der Waals surface area (Å²) in [5.41, 5.74) is 8.45. The largest absolute Gasteiger partial charge is 0.280 e. The van der Waals surface area contributed by atoms with Crippen LogP contribution in [0.1, 0.15) is 21.6 Å². The van der Waals surface area contributed by atoms with E-state index in [1.54, 1.807) is 31.3 Å². The van der Waals surface area contributed by atoms with Gasteiger partial charge in [-0.3, -0.25) is 15.6 Å². The first-order valence-electron chi connectivity index (χ1n) is 6.97. The molecule has 0 spiro atoms. The third kappa shape index (κ3) is 3.07. The maximum absolute atomic E-state index is 12.3. The zero-order valence-electron chi connectivity index (χ0n) is 12.6. The third-order valence-electron chi connectivity index (χ3n) is 3.36. The highest BCUT2D eigenvalue weighted by atomic mass is 35.5. The number of amides is 1. The maximum atomic E-state index is 12.3. The molecule has 23 heavy (non-hydrogen) atoms. The molecule has 0 radical (unpaired) electrons. The summed E-state index contributed by atoms with van der Waals surface area (Å²) in [5.74, 6) is 0.102. The van der Waals surface area contributed by atoms with Gasteiger partial charge in [0.25, 0.3) is 5.91 Å². The number of pyridine rings is 1. The zero-order valence-corrected chi connectivity index (χ0v) is 13.3. The van der Waals surface area contributed by atoms with Gasteiger partial charge in [-0.25, -0.2) is 15.0 Å². The number of fused-ring (bicyclic) bond motifs is 1. The van der Waals surface area contributed by atoms with Crippen LogP contribution in [0.2, 0.25) is 5.02 Å². The molecule has 0 fully saturated rings. The first-order chi connectivity index (χ1) is 11.1. The predicted molar refractivity (Wildman–Crippen MR) is 89.3 cm³/mol. The van der Waals surface area contributed by atoms with Crippen LogP contribution in [-0.4, -0.2) is 20.9 Å². The number of aryl methyl sites for hydroxylation is 2. The first-order valence-corrected chi connectivity index (χ1v) is 7.35. The van der Waals surface area contributed by atoms with Gasteiger partial charge in [-0.1, -0.05) is 23.7 Å². The lowest BCUT2D eigenvalue weighted by Gasteiger charge is -2.12. The van der Waals surface area contributed by atoms with Crippen LogP contribution in [0.15, 0.2) is 36.5 Å². The molecule has 0 saturated heterocycles. The molecule has 0 bridgehead atoms. The van der Waals surface area contributed by atoms with E-state index < -0.39 is 0 Å². The van der Waals surface area contributed by atoms with Crippen molar-refractivity contribution in [3.63, 3.8) is 0 Å². The highest BCUT2D eigenvalue weighted by Gasteiger charge is 2.14. The van der Waals surface area contributed by atoms with E-state index in [0.29, 0.717) is 33.3 Å². The lowest BCUT2D eigenvalue weighted by atomic mass is 10.1. The average molecular weight is 328 g/mol. The van der Waals surface area contributed by atoms with Gasteiger partial charge in [0.2, 0.25) is 0 Å². The molecule has 0 aliphatic heterocycles. The van der Waals surface area contributed by atoms with E-state index in [2.05, 4.69) is 25.8 Å². The highest BCUT2D eigenvalue weighted by molar-refractivity contribution is 6.34. The fraction of sp³-hybridized carbons (Fsp3) is 0.125. The second-order valence-electron chi connectivity index (χ2n) is 5.01. The van der Waals surface area contributed by atoms with E-state index in [1.807, 2.05) is 19.1 Å². The van der Waals surface area contributed by atoms with Gasteiger partial charge >= 0.3 is 0 Å². The van der Waals surface area contributed by atoms with Crippen molar-refractivity contribution in [2.45, 2.75) is 13.8 Å². The number of hydrogen-bond donors (Lipinski definition) is 2. The van der Waals surface area contributed by atoms with Gasteiger partial charge < -0.3 is 0 Å². The summed E-state index contributed by atoms with van der Waals surface area (Å²) in [6.45, 7) is 3.63. The third-order valence-corrected chi connectivity index (χ3v) is 3.67. The summed E-state index contributed by atoms with van der Waals surface area (Å²) >= 11 is 6.09. The van der Waals surface area contributed by atoms with Crippen molar-refractivity contribution in [3.05, 3.63) is 58.4 Å². The van der Waals surface area contributed by atoms with Crippen molar-refractivity contribution in [1.29, 1.82) is 0 Å². The van der Waals surface area contributed by atoms with E-state index in [4.69, 9.17) is 11.6 Å². The van der Waals surface area contributed by atoms with Crippen LogP contribution < -0.4 is 10.9 Å². The molecule has 2 heterocycles. The Morgan fingerprint density at radius 1 is 1.13 bits per heavy atom. The SMILES string of the molecule is Cc1cccc(Cl)c1C(=O)NNc1nc2ncccc2nc1C. The van der Waals surface area contributed by atoms with E-state index in [9.17, 15) is 4.79 Å². The Morgan fingerprint density at radius 3 is 2.74 bits per heavy atom. The number of nitrogens with zero attached hydrogens (tertiary/aromatic N) is 3. The van der Waals surface area contributed by atoms with Crippen molar-refractivity contribution < 1.29 is 4.79 Å². The molecule has 0 atom stereocenters. The molecule has 6 nitrogen and oxygen atoms in total. The van der Waals surface area contributed by atoms with Gasteiger partial charge in [0.1, 0.15) is 5.52 Å². The molecule has 0 aliphatic rings. The van der Waals surface area contributed by atoms with Gasteiger partial charge in [0.05, 0.1) is 16.3 Å². The Bertz CT molecular complexity index is 877. The molecular weight excluding hydrogens is 314 g/mol. The lowest BCUT2D eigenvalue weighted by Crippen LogP contribution is -2.31. The predicted octanol–water partition coefficient (Wildman–Crippen LogP) is 3.05. The minimum Gasteiger partial charge on any atom is -0.280 e. The molecule has 0 unspecified atom stereocenters. The van der Waals surface area contributed by atoms with Gasteiger partial charge in [-0.15, -0.1) is 0 Å². The molecule has 2 N–H and O–H groups in total. The summed E-state index contributed by atoms with van der Waals surface area (Å²) in [7, 11) is 0. The summed E-state index contributed by atoms with van der Waals surface area (Å²) in [6, 6.07) is 8.93. The molecule has 3 aromatic rings. The molecule has 116 valence electrons. The molecule has 1 amide bonds. The fourth-order valence-corrected chi connectivity index (χ4v) is 2.51. The van der Waals surface area contributed by atoms with Crippen LogP contribution in [0.4, 0.5) is 5.82 Å². The number of carbonyl (C=O) groups excluding carboxylic acids is 1. The van der Waals surface area contributed by atoms with Crippen LogP contribution >= 0.6 is 11.6 Å². The normalized spacial score (nSPS) is 10.6. The highest BCUT2D eigenvalue weighted by Crippen LogP contribution is 2.19. The number of hydrogen-bond acceptors (Lipinski definition) is 5. The van der Waals surface area contributed by atoms with E-state index in [1.165, 1.54) is 0 Å². The molecule has 1 aromatic carbocycles.